The maximum absolute atomic E-state index is 6.37. The fourth-order valence-corrected chi connectivity index (χ4v) is 2.77. The Morgan fingerprint density at radius 1 is 1.35 bits per heavy atom. The van der Waals surface area contributed by atoms with Gasteiger partial charge < -0.3 is 5.32 Å². The van der Waals surface area contributed by atoms with Crippen molar-refractivity contribution in [2.45, 2.75) is 33.2 Å². The third kappa shape index (κ3) is 3.22. The smallest absolute Gasteiger partial charge is 0.0847 e. The van der Waals surface area contributed by atoms with Gasteiger partial charge in [-0.3, -0.25) is 4.68 Å². The van der Waals surface area contributed by atoms with Crippen molar-refractivity contribution in [3.8, 4) is 0 Å². The zero-order chi connectivity index (χ0) is 14.7. The zero-order valence-electron chi connectivity index (χ0n) is 12.6. The van der Waals surface area contributed by atoms with E-state index >= 15 is 0 Å². The molecule has 0 fully saturated rings. The summed E-state index contributed by atoms with van der Waals surface area (Å²) in [6, 6.07) is 8.87. The predicted molar refractivity (Wildman–Crippen MR) is 84.3 cm³/mol. The van der Waals surface area contributed by atoms with Crippen LogP contribution in [0.3, 0.4) is 0 Å². The molecule has 4 heteroatoms. The second-order valence-electron chi connectivity index (χ2n) is 5.20. The molecule has 1 heterocycles. The number of aromatic nitrogens is 2. The van der Waals surface area contributed by atoms with Crippen LogP contribution in [0.1, 0.15) is 35.5 Å². The summed E-state index contributed by atoms with van der Waals surface area (Å²) in [4.78, 5) is 0. The Hall–Kier alpha value is -1.32. The van der Waals surface area contributed by atoms with Gasteiger partial charge >= 0.3 is 0 Å². The highest BCUT2D eigenvalue weighted by Crippen LogP contribution is 2.26. The number of likely N-dealkylation sites (N-methyl/N-ethyl adjacent to an activating group) is 1. The Balaban J connectivity index is 2.30. The fraction of sp³-hybridized carbons (Fsp3) is 0.438. The van der Waals surface area contributed by atoms with Crippen LogP contribution in [-0.4, -0.2) is 16.3 Å². The van der Waals surface area contributed by atoms with Gasteiger partial charge in [-0.2, -0.15) is 5.10 Å². The summed E-state index contributed by atoms with van der Waals surface area (Å²) in [5.74, 6) is 0. The average Bonchev–Trinajstić information content (AvgIpc) is 2.64. The van der Waals surface area contributed by atoms with Gasteiger partial charge in [0.05, 0.1) is 16.4 Å². The van der Waals surface area contributed by atoms with Gasteiger partial charge in [-0.25, -0.2) is 0 Å². The molecule has 2 aromatic rings. The van der Waals surface area contributed by atoms with Gasteiger partial charge in [0.25, 0.3) is 0 Å². The molecule has 0 amide bonds. The van der Waals surface area contributed by atoms with Crippen molar-refractivity contribution in [1.29, 1.82) is 0 Å². The highest BCUT2D eigenvalue weighted by atomic mass is 35.5. The lowest BCUT2D eigenvalue weighted by molar-refractivity contribution is 0.528. The van der Waals surface area contributed by atoms with Crippen LogP contribution in [0.4, 0.5) is 0 Å². The molecule has 1 unspecified atom stereocenters. The van der Waals surface area contributed by atoms with Crippen LogP contribution in [0.5, 0.6) is 0 Å². The van der Waals surface area contributed by atoms with Crippen molar-refractivity contribution in [1.82, 2.24) is 15.1 Å². The number of nitrogens with zero attached hydrogens (tertiary/aromatic N) is 2. The van der Waals surface area contributed by atoms with Gasteiger partial charge in [-0.05, 0) is 26.0 Å². The summed E-state index contributed by atoms with van der Waals surface area (Å²) < 4.78 is 1.89. The minimum absolute atomic E-state index is 0.257. The lowest BCUT2D eigenvalue weighted by atomic mass is 10.00. The standard InChI is InChI=1S/C16H22ClN3/c1-5-18-14(13-8-6-7-11(2)9-13)10-15-16(17)12(3)19-20(15)4/h6-9,14,18H,5,10H2,1-4H3. The maximum atomic E-state index is 6.37. The first-order chi connectivity index (χ1) is 9.52. The zero-order valence-corrected chi connectivity index (χ0v) is 13.3. The largest absolute Gasteiger partial charge is 0.310 e. The van der Waals surface area contributed by atoms with Crippen molar-refractivity contribution < 1.29 is 0 Å². The average molecular weight is 292 g/mol. The molecule has 0 saturated heterocycles. The molecule has 0 aliphatic carbocycles. The Morgan fingerprint density at radius 2 is 2.10 bits per heavy atom. The van der Waals surface area contributed by atoms with Crippen LogP contribution in [-0.2, 0) is 13.5 Å². The predicted octanol–water partition coefficient (Wildman–Crippen LogP) is 3.58. The molecule has 0 saturated carbocycles. The molecule has 20 heavy (non-hydrogen) atoms. The maximum Gasteiger partial charge on any atom is 0.0847 e. The van der Waals surface area contributed by atoms with Crippen molar-refractivity contribution >= 4 is 11.6 Å². The molecule has 0 aliphatic rings. The van der Waals surface area contributed by atoms with E-state index in [-0.39, 0.29) is 6.04 Å². The minimum Gasteiger partial charge on any atom is -0.310 e. The molecular weight excluding hydrogens is 270 g/mol. The van der Waals surface area contributed by atoms with Crippen molar-refractivity contribution in [2.24, 2.45) is 7.05 Å². The van der Waals surface area contributed by atoms with E-state index in [2.05, 4.69) is 48.5 Å². The highest BCUT2D eigenvalue weighted by Gasteiger charge is 2.18. The lowest BCUT2D eigenvalue weighted by Gasteiger charge is -2.19. The van der Waals surface area contributed by atoms with E-state index in [9.17, 15) is 0 Å². The van der Waals surface area contributed by atoms with Gasteiger partial charge in [0.15, 0.2) is 0 Å². The third-order valence-electron chi connectivity index (χ3n) is 3.55. The molecule has 1 N–H and O–H groups in total. The van der Waals surface area contributed by atoms with Crippen molar-refractivity contribution in [2.75, 3.05) is 6.54 Å². The molecule has 1 aromatic carbocycles. The normalized spacial score (nSPS) is 12.7. The number of rotatable bonds is 5. The van der Waals surface area contributed by atoms with E-state index < -0.39 is 0 Å². The summed E-state index contributed by atoms with van der Waals surface area (Å²) >= 11 is 6.37. The number of benzene rings is 1. The van der Waals surface area contributed by atoms with E-state index in [0.29, 0.717) is 0 Å². The van der Waals surface area contributed by atoms with Crippen molar-refractivity contribution in [3.05, 3.63) is 51.8 Å². The van der Waals surface area contributed by atoms with E-state index in [1.807, 2.05) is 18.7 Å². The number of nitrogens with one attached hydrogen (secondary N) is 1. The number of hydrogen-bond donors (Lipinski definition) is 1. The van der Waals surface area contributed by atoms with Crippen molar-refractivity contribution in [3.63, 3.8) is 0 Å². The van der Waals surface area contributed by atoms with Crippen LogP contribution in [0, 0.1) is 13.8 Å². The van der Waals surface area contributed by atoms with E-state index in [4.69, 9.17) is 11.6 Å². The summed E-state index contributed by atoms with van der Waals surface area (Å²) in [5.41, 5.74) is 4.54. The summed E-state index contributed by atoms with van der Waals surface area (Å²) in [6.45, 7) is 7.11. The van der Waals surface area contributed by atoms with Crippen LogP contribution in [0.15, 0.2) is 24.3 Å². The molecule has 1 atom stereocenters. The second kappa shape index (κ2) is 6.42. The van der Waals surface area contributed by atoms with Crippen LogP contribution in [0.2, 0.25) is 5.02 Å². The van der Waals surface area contributed by atoms with Crippen LogP contribution >= 0.6 is 11.6 Å². The SMILES string of the molecule is CCNC(Cc1c(Cl)c(C)nn1C)c1cccc(C)c1. The first-order valence-corrected chi connectivity index (χ1v) is 7.38. The molecule has 0 spiro atoms. The summed E-state index contributed by atoms with van der Waals surface area (Å²) in [5, 5.41) is 8.71. The molecule has 3 nitrogen and oxygen atoms in total. The highest BCUT2D eigenvalue weighted by molar-refractivity contribution is 6.31. The van der Waals surface area contributed by atoms with E-state index in [1.165, 1.54) is 11.1 Å². The lowest BCUT2D eigenvalue weighted by Crippen LogP contribution is -2.24. The quantitative estimate of drug-likeness (QED) is 0.912. The minimum atomic E-state index is 0.257. The summed E-state index contributed by atoms with van der Waals surface area (Å²) in [7, 11) is 1.95. The molecular formula is C16H22ClN3. The monoisotopic (exact) mass is 291 g/mol. The van der Waals surface area contributed by atoms with Gasteiger partial charge in [0.2, 0.25) is 0 Å². The molecule has 108 valence electrons. The molecule has 0 bridgehead atoms. The molecule has 1 aromatic heterocycles. The van der Waals surface area contributed by atoms with Crippen LogP contribution < -0.4 is 5.32 Å². The Labute approximate surface area is 126 Å². The van der Waals surface area contributed by atoms with Gasteiger partial charge in [-0.15, -0.1) is 0 Å². The second-order valence-corrected chi connectivity index (χ2v) is 5.58. The van der Waals surface area contributed by atoms with E-state index in [1.54, 1.807) is 0 Å². The van der Waals surface area contributed by atoms with E-state index in [0.717, 1.165) is 29.4 Å². The van der Waals surface area contributed by atoms with Crippen LogP contribution in [0.25, 0.3) is 0 Å². The number of hydrogen-bond acceptors (Lipinski definition) is 2. The molecule has 0 aliphatic heterocycles. The fourth-order valence-electron chi connectivity index (χ4n) is 2.54. The Kier molecular flexibility index (Phi) is 4.84. The molecule has 0 radical (unpaired) electrons. The van der Waals surface area contributed by atoms with Gasteiger partial charge in [0, 0.05) is 19.5 Å². The first-order valence-electron chi connectivity index (χ1n) is 7.00. The Morgan fingerprint density at radius 3 is 2.65 bits per heavy atom. The topological polar surface area (TPSA) is 29.9 Å². The third-order valence-corrected chi connectivity index (χ3v) is 4.05. The van der Waals surface area contributed by atoms with Gasteiger partial charge in [0.1, 0.15) is 0 Å². The molecule has 2 rings (SSSR count). The number of halogens is 1. The first kappa shape index (κ1) is 15.1. The Bertz CT molecular complexity index is 589. The number of aryl methyl sites for hydroxylation is 3. The summed E-state index contributed by atoms with van der Waals surface area (Å²) in [6.07, 6.45) is 0.841. The van der Waals surface area contributed by atoms with Gasteiger partial charge in [-0.1, -0.05) is 48.4 Å².